The summed E-state index contributed by atoms with van der Waals surface area (Å²) in [6.45, 7) is 6.85. The Morgan fingerprint density at radius 2 is 2.09 bits per heavy atom. The lowest BCUT2D eigenvalue weighted by Crippen LogP contribution is -1.95. The Hall–Kier alpha value is -2.14. The number of thiazole rings is 1. The summed E-state index contributed by atoms with van der Waals surface area (Å²) in [6, 6.07) is 3.95. The fourth-order valence-electron chi connectivity index (χ4n) is 2.57. The number of pyridine rings is 1. The molecule has 0 bridgehead atoms. The van der Waals surface area contributed by atoms with Crippen LogP contribution >= 0.6 is 11.3 Å². The van der Waals surface area contributed by atoms with Gasteiger partial charge in [-0.25, -0.2) is 4.98 Å². The third kappa shape index (κ3) is 2.52. The Morgan fingerprint density at radius 3 is 2.77 bits per heavy atom. The summed E-state index contributed by atoms with van der Waals surface area (Å²) in [4.78, 5) is 8.85. The number of rotatable bonds is 4. The van der Waals surface area contributed by atoms with Crippen LogP contribution in [0.2, 0.25) is 0 Å². The number of phenols is 1. The van der Waals surface area contributed by atoms with E-state index in [0.717, 1.165) is 44.1 Å². The highest BCUT2D eigenvalue weighted by Gasteiger charge is 2.18. The predicted molar refractivity (Wildman–Crippen MR) is 92.0 cm³/mol. The number of hydrogen-bond acceptors (Lipinski definition) is 5. The monoisotopic (exact) mass is 313 g/mol. The van der Waals surface area contributed by atoms with Crippen LogP contribution in [-0.4, -0.2) is 21.6 Å². The lowest BCUT2D eigenvalue weighted by atomic mass is 9.98. The second kappa shape index (κ2) is 5.93. The van der Waals surface area contributed by atoms with Crippen molar-refractivity contribution in [2.45, 2.75) is 27.2 Å². The van der Waals surface area contributed by atoms with Crippen LogP contribution in [0, 0.1) is 13.8 Å². The molecule has 0 aliphatic rings. The molecule has 0 unspecified atom stereocenters. The van der Waals surface area contributed by atoms with E-state index >= 15 is 0 Å². The van der Waals surface area contributed by atoms with Crippen molar-refractivity contribution < 1.29 is 5.11 Å². The van der Waals surface area contributed by atoms with Crippen LogP contribution in [0.25, 0.3) is 10.2 Å². The van der Waals surface area contributed by atoms with Gasteiger partial charge in [0.1, 0.15) is 5.75 Å². The minimum atomic E-state index is 0.376. The van der Waals surface area contributed by atoms with Gasteiger partial charge >= 0.3 is 0 Å². The first kappa shape index (κ1) is 14.8. The maximum absolute atomic E-state index is 10.6. The summed E-state index contributed by atoms with van der Waals surface area (Å²) in [7, 11) is 0. The quantitative estimate of drug-likeness (QED) is 0.763. The standard InChI is InChI=1S/C17H19N3OS/c1-4-19-17-20-14-10(2)11(3)15(21)13(16(14)22-17)8-12-6-5-7-18-9-12/h5-7,9,21H,4,8H2,1-3H3,(H,19,20). The van der Waals surface area contributed by atoms with Crippen molar-refractivity contribution in [3.63, 3.8) is 0 Å². The molecular weight excluding hydrogens is 294 g/mol. The molecule has 0 saturated heterocycles. The molecule has 0 aliphatic heterocycles. The maximum Gasteiger partial charge on any atom is 0.183 e. The van der Waals surface area contributed by atoms with Crippen molar-refractivity contribution in [1.29, 1.82) is 0 Å². The van der Waals surface area contributed by atoms with Crippen LogP contribution in [0.1, 0.15) is 29.2 Å². The highest BCUT2D eigenvalue weighted by atomic mass is 32.1. The summed E-state index contributed by atoms with van der Waals surface area (Å²) in [5, 5.41) is 14.8. The second-order valence-electron chi connectivity index (χ2n) is 5.34. The number of fused-ring (bicyclic) bond motifs is 1. The minimum Gasteiger partial charge on any atom is -0.507 e. The lowest BCUT2D eigenvalue weighted by molar-refractivity contribution is 0.466. The van der Waals surface area contributed by atoms with Crippen LogP contribution < -0.4 is 5.32 Å². The molecule has 0 saturated carbocycles. The van der Waals surface area contributed by atoms with E-state index in [2.05, 4.69) is 22.2 Å². The number of hydrogen-bond donors (Lipinski definition) is 2. The van der Waals surface area contributed by atoms with Crippen molar-refractivity contribution in [2.75, 3.05) is 11.9 Å². The van der Waals surface area contributed by atoms with Gasteiger partial charge in [0, 0.05) is 30.9 Å². The fourth-order valence-corrected chi connectivity index (χ4v) is 3.70. The van der Waals surface area contributed by atoms with Gasteiger partial charge in [0.05, 0.1) is 10.2 Å². The molecule has 0 amide bonds. The van der Waals surface area contributed by atoms with Gasteiger partial charge in [-0.3, -0.25) is 4.98 Å². The van der Waals surface area contributed by atoms with E-state index in [1.165, 1.54) is 0 Å². The average molecular weight is 313 g/mol. The van der Waals surface area contributed by atoms with Gasteiger partial charge in [0.15, 0.2) is 5.13 Å². The number of nitrogens with one attached hydrogen (secondary N) is 1. The number of aromatic hydroxyl groups is 1. The molecule has 2 aromatic heterocycles. The van der Waals surface area contributed by atoms with E-state index in [1.807, 2.05) is 32.2 Å². The van der Waals surface area contributed by atoms with Gasteiger partial charge in [-0.1, -0.05) is 17.4 Å². The molecule has 5 heteroatoms. The Bertz CT molecular complexity index is 812. The van der Waals surface area contributed by atoms with E-state index in [4.69, 9.17) is 0 Å². The number of nitrogens with zero attached hydrogens (tertiary/aromatic N) is 2. The van der Waals surface area contributed by atoms with Gasteiger partial charge in [0.2, 0.25) is 0 Å². The predicted octanol–water partition coefficient (Wildman–Crippen LogP) is 4.04. The summed E-state index contributed by atoms with van der Waals surface area (Å²) in [6.07, 6.45) is 4.26. The maximum atomic E-state index is 10.6. The van der Waals surface area contributed by atoms with Crippen molar-refractivity contribution in [1.82, 2.24) is 9.97 Å². The largest absolute Gasteiger partial charge is 0.507 e. The van der Waals surface area contributed by atoms with Crippen molar-refractivity contribution in [3.8, 4) is 5.75 Å². The minimum absolute atomic E-state index is 0.376. The lowest BCUT2D eigenvalue weighted by Gasteiger charge is -2.11. The Balaban J connectivity index is 2.19. The molecule has 2 N–H and O–H groups in total. The molecular formula is C17H19N3OS. The number of phenolic OH excluding ortho intramolecular Hbond substituents is 1. The molecule has 2 heterocycles. The summed E-state index contributed by atoms with van der Waals surface area (Å²) in [5.41, 5.74) is 4.95. The molecule has 0 atom stereocenters. The smallest absolute Gasteiger partial charge is 0.183 e. The van der Waals surface area contributed by atoms with Crippen LogP contribution in [0.5, 0.6) is 5.75 Å². The molecule has 3 aromatic rings. The normalized spacial score (nSPS) is 11.0. The first-order valence-corrected chi connectivity index (χ1v) is 8.17. The van der Waals surface area contributed by atoms with Crippen molar-refractivity contribution in [2.24, 2.45) is 0 Å². The number of benzene rings is 1. The van der Waals surface area contributed by atoms with Gasteiger partial charge in [-0.05, 0) is 43.5 Å². The van der Waals surface area contributed by atoms with E-state index in [-0.39, 0.29) is 0 Å². The zero-order valence-electron chi connectivity index (χ0n) is 13.0. The molecule has 4 nitrogen and oxygen atoms in total. The summed E-state index contributed by atoms with van der Waals surface area (Å²) in [5.74, 6) is 0.376. The van der Waals surface area contributed by atoms with Crippen molar-refractivity contribution >= 4 is 26.7 Å². The highest BCUT2D eigenvalue weighted by molar-refractivity contribution is 7.22. The average Bonchev–Trinajstić information content (AvgIpc) is 2.95. The van der Waals surface area contributed by atoms with Gasteiger partial charge < -0.3 is 10.4 Å². The molecule has 114 valence electrons. The number of anilines is 1. The molecule has 22 heavy (non-hydrogen) atoms. The molecule has 0 fully saturated rings. The Labute approximate surface area is 133 Å². The molecule has 0 radical (unpaired) electrons. The Morgan fingerprint density at radius 1 is 1.27 bits per heavy atom. The first-order chi connectivity index (χ1) is 10.6. The fraction of sp³-hybridized carbons (Fsp3) is 0.294. The van der Waals surface area contributed by atoms with Crippen LogP contribution in [-0.2, 0) is 6.42 Å². The van der Waals surface area contributed by atoms with Crippen LogP contribution in [0.3, 0.4) is 0 Å². The SMILES string of the molecule is CCNc1nc2c(C)c(C)c(O)c(Cc3cccnc3)c2s1. The zero-order chi connectivity index (χ0) is 15.7. The number of aryl methyl sites for hydroxylation is 1. The highest BCUT2D eigenvalue weighted by Crippen LogP contribution is 2.40. The first-order valence-electron chi connectivity index (χ1n) is 7.36. The molecule has 0 aliphatic carbocycles. The third-order valence-corrected chi connectivity index (χ3v) is 4.96. The third-order valence-electron chi connectivity index (χ3n) is 3.89. The summed E-state index contributed by atoms with van der Waals surface area (Å²) >= 11 is 1.60. The van der Waals surface area contributed by atoms with E-state index < -0.39 is 0 Å². The topological polar surface area (TPSA) is 58.0 Å². The molecule has 0 spiro atoms. The Kier molecular flexibility index (Phi) is 3.98. The molecule has 3 rings (SSSR count). The summed E-state index contributed by atoms with van der Waals surface area (Å²) < 4.78 is 1.06. The van der Waals surface area contributed by atoms with E-state index in [0.29, 0.717) is 12.2 Å². The van der Waals surface area contributed by atoms with Gasteiger partial charge in [-0.2, -0.15) is 0 Å². The second-order valence-corrected chi connectivity index (χ2v) is 6.34. The van der Waals surface area contributed by atoms with Gasteiger partial charge in [-0.15, -0.1) is 0 Å². The zero-order valence-corrected chi connectivity index (χ0v) is 13.8. The van der Waals surface area contributed by atoms with E-state index in [1.54, 1.807) is 17.5 Å². The van der Waals surface area contributed by atoms with Crippen LogP contribution in [0.15, 0.2) is 24.5 Å². The van der Waals surface area contributed by atoms with E-state index in [9.17, 15) is 5.11 Å². The van der Waals surface area contributed by atoms with Crippen LogP contribution in [0.4, 0.5) is 5.13 Å². The number of aromatic nitrogens is 2. The van der Waals surface area contributed by atoms with Crippen molar-refractivity contribution in [3.05, 3.63) is 46.8 Å². The molecule has 1 aromatic carbocycles. The van der Waals surface area contributed by atoms with Gasteiger partial charge in [0.25, 0.3) is 0 Å².